The minimum Gasteiger partial charge on any atom is -0.368 e. The molecule has 7 heteroatoms. The van der Waals surface area contributed by atoms with Gasteiger partial charge in [-0.05, 0) is 22.0 Å². The summed E-state index contributed by atoms with van der Waals surface area (Å²) < 4.78 is 25.3. The molecule has 0 fully saturated rings. The summed E-state index contributed by atoms with van der Waals surface area (Å²) in [5, 5.41) is 3.12. The van der Waals surface area contributed by atoms with Crippen LogP contribution in [0.5, 0.6) is 0 Å². The lowest BCUT2D eigenvalue weighted by Gasteiger charge is -2.16. The second-order valence-corrected chi connectivity index (χ2v) is 6.58. The van der Waals surface area contributed by atoms with Gasteiger partial charge in [0, 0.05) is 35.9 Å². The molecule has 1 aromatic heterocycles. The number of halogens is 1. The smallest absolute Gasteiger partial charge is 0.211 e. The highest BCUT2D eigenvalue weighted by atomic mass is 79.9. The van der Waals surface area contributed by atoms with E-state index in [-0.39, 0.29) is 0 Å². The van der Waals surface area contributed by atoms with Gasteiger partial charge in [-0.1, -0.05) is 0 Å². The third kappa shape index (κ3) is 2.53. The molecule has 0 aromatic carbocycles. The van der Waals surface area contributed by atoms with E-state index in [1.165, 1.54) is 10.6 Å². The Morgan fingerprint density at radius 1 is 1.56 bits per heavy atom. The van der Waals surface area contributed by atoms with Gasteiger partial charge in [-0.25, -0.2) is 13.4 Å². The maximum Gasteiger partial charge on any atom is 0.211 e. The van der Waals surface area contributed by atoms with Crippen molar-refractivity contribution in [3.05, 3.63) is 22.3 Å². The maximum atomic E-state index is 11.5. The Hall–Kier alpha value is -0.660. The van der Waals surface area contributed by atoms with Crippen molar-refractivity contribution in [2.24, 2.45) is 0 Å². The molecule has 0 unspecified atom stereocenters. The average molecular weight is 306 g/mol. The number of nitrogens with zero attached hydrogens (tertiary/aromatic N) is 2. The van der Waals surface area contributed by atoms with E-state index in [0.29, 0.717) is 19.6 Å². The molecule has 0 bridgehead atoms. The quantitative estimate of drug-likeness (QED) is 0.842. The third-order valence-corrected chi connectivity index (χ3v) is 4.09. The fourth-order valence-corrected chi connectivity index (χ4v) is 2.79. The molecule has 1 aliphatic heterocycles. The van der Waals surface area contributed by atoms with Crippen LogP contribution in [0.3, 0.4) is 0 Å². The van der Waals surface area contributed by atoms with Crippen molar-refractivity contribution in [2.45, 2.75) is 6.54 Å². The lowest BCUT2D eigenvalue weighted by Crippen LogP contribution is -2.31. The van der Waals surface area contributed by atoms with Gasteiger partial charge < -0.3 is 5.32 Å². The van der Waals surface area contributed by atoms with Gasteiger partial charge in [0.2, 0.25) is 10.0 Å². The SMILES string of the molecule is CS(=O)(=O)N1CCNc2ncc(Br)cc2C1. The van der Waals surface area contributed by atoms with Crippen molar-refractivity contribution in [2.75, 3.05) is 24.7 Å². The zero-order chi connectivity index (χ0) is 11.8. The first kappa shape index (κ1) is 11.8. The Balaban J connectivity index is 2.37. The molecule has 0 spiro atoms. The van der Waals surface area contributed by atoms with Crippen LogP contribution in [0.15, 0.2) is 16.7 Å². The molecular weight excluding hydrogens is 294 g/mol. The van der Waals surface area contributed by atoms with Crippen LogP contribution in [0, 0.1) is 0 Å². The van der Waals surface area contributed by atoms with Crippen LogP contribution >= 0.6 is 15.9 Å². The average Bonchev–Trinajstić information content (AvgIpc) is 2.38. The van der Waals surface area contributed by atoms with Gasteiger partial charge in [0.15, 0.2) is 0 Å². The lowest BCUT2D eigenvalue weighted by molar-refractivity contribution is 0.428. The van der Waals surface area contributed by atoms with Crippen molar-refractivity contribution in [3.8, 4) is 0 Å². The number of anilines is 1. The molecule has 2 rings (SSSR count). The highest BCUT2D eigenvalue weighted by Gasteiger charge is 2.21. The molecular formula is C9H12BrN3O2S. The number of aromatic nitrogens is 1. The van der Waals surface area contributed by atoms with E-state index < -0.39 is 10.0 Å². The number of hydrogen-bond acceptors (Lipinski definition) is 4. The summed E-state index contributed by atoms with van der Waals surface area (Å²) >= 11 is 3.33. The predicted molar refractivity (Wildman–Crippen MR) is 65.7 cm³/mol. The Morgan fingerprint density at radius 3 is 3.00 bits per heavy atom. The molecule has 88 valence electrons. The molecule has 0 saturated carbocycles. The molecule has 1 aromatic rings. The van der Waals surface area contributed by atoms with Gasteiger partial charge in [0.1, 0.15) is 5.82 Å². The monoisotopic (exact) mass is 305 g/mol. The molecule has 0 atom stereocenters. The van der Waals surface area contributed by atoms with E-state index in [1.54, 1.807) is 6.20 Å². The number of nitrogens with one attached hydrogen (secondary N) is 1. The summed E-state index contributed by atoms with van der Waals surface area (Å²) in [7, 11) is -3.15. The highest BCUT2D eigenvalue weighted by Crippen LogP contribution is 2.22. The maximum absolute atomic E-state index is 11.5. The zero-order valence-corrected chi connectivity index (χ0v) is 11.2. The molecule has 1 aliphatic rings. The number of hydrogen-bond donors (Lipinski definition) is 1. The van der Waals surface area contributed by atoms with E-state index >= 15 is 0 Å². The number of sulfonamides is 1. The van der Waals surface area contributed by atoms with E-state index in [9.17, 15) is 8.42 Å². The first-order chi connectivity index (χ1) is 7.47. The lowest BCUT2D eigenvalue weighted by atomic mass is 10.2. The van der Waals surface area contributed by atoms with Crippen LogP contribution in [0.1, 0.15) is 5.56 Å². The highest BCUT2D eigenvalue weighted by molar-refractivity contribution is 9.10. The molecule has 2 heterocycles. The second-order valence-electron chi connectivity index (χ2n) is 3.68. The Morgan fingerprint density at radius 2 is 2.31 bits per heavy atom. The van der Waals surface area contributed by atoms with Gasteiger partial charge in [0.05, 0.1) is 6.26 Å². The van der Waals surface area contributed by atoms with Gasteiger partial charge in [-0.15, -0.1) is 0 Å². The van der Waals surface area contributed by atoms with Crippen LogP contribution in [0.4, 0.5) is 5.82 Å². The number of pyridine rings is 1. The summed E-state index contributed by atoms with van der Waals surface area (Å²) in [5.41, 5.74) is 0.886. The van der Waals surface area contributed by atoms with E-state index in [4.69, 9.17) is 0 Å². The van der Waals surface area contributed by atoms with Crippen LogP contribution in [0.2, 0.25) is 0 Å². The fraction of sp³-hybridized carbons (Fsp3) is 0.444. The Kier molecular flexibility index (Phi) is 3.18. The molecule has 0 radical (unpaired) electrons. The number of fused-ring (bicyclic) bond motifs is 1. The number of rotatable bonds is 1. The second kappa shape index (κ2) is 4.31. The summed E-state index contributed by atoms with van der Waals surface area (Å²) in [5.74, 6) is 0.759. The van der Waals surface area contributed by atoms with Gasteiger partial charge in [-0.2, -0.15) is 4.31 Å². The Bertz CT molecular complexity index is 503. The van der Waals surface area contributed by atoms with Gasteiger partial charge in [0.25, 0.3) is 0 Å². The van der Waals surface area contributed by atoms with Crippen molar-refractivity contribution in [3.63, 3.8) is 0 Å². The predicted octanol–water partition coefficient (Wildman–Crippen LogP) is 1.03. The topological polar surface area (TPSA) is 62.3 Å². The van der Waals surface area contributed by atoms with Crippen molar-refractivity contribution < 1.29 is 8.42 Å². The van der Waals surface area contributed by atoms with Crippen LogP contribution < -0.4 is 5.32 Å². The van der Waals surface area contributed by atoms with E-state index in [2.05, 4.69) is 26.2 Å². The van der Waals surface area contributed by atoms with E-state index in [1.807, 2.05) is 6.07 Å². The molecule has 5 nitrogen and oxygen atoms in total. The molecule has 0 saturated heterocycles. The summed E-state index contributed by atoms with van der Waals surface area (Å²) in [6.07, 6.45) is 2.92. The van der Waals surface area contributed by atoms with Gasteiger partial charge in [-0.3, -0.25) is 0 Å². The fourth-order valence-electron chi connectivity index (χ4n) is 1.61. The van der Waals surface area contributed by atoms with E-state index in [0.717, 1.165) is 15.9 Å². The minimum atomic E-state index is -3.15. The molecule has 0 aliphatic carbocycles. The first-order valence-electron chi connectivity index (χ1n) is 4.80. The summed E-state index contributed by atoms with van der Waals surface area (Å²) in [4.78, 5) is 4.22. The summed E-state index contributed by atoms with van der Waals surface area (Å²) in [6.45, 7) is 1.41. The van der Waals surface area contributed by atoms with Crippen molar-refractivity contribution in [1.29, 1.82) is 0 Å². The van der Waals surface area contributed by atoms with Gasteiger partial charge >= 0.3 is 0 Å². The van der Waals surface area contributed by atoms with Crippen molar-refractivity contribution in [1.82, 2.24) is 9.29 Å². The largest absolute Gasteiger partial charge is 0.368 e. The van der Waals surface area contributed by atoms with Crippen LogP contribution in [0.25, 0.3) is 0 Å². The standard InChI is InChI=1S/C9H12BrN3O2S/c1-16(14,15)13-3-2-11-9-7(6-13)4-8(10)5-12-9/h4-5H,2-3,6H2,1H3,(H,11,12). The van der Waals surface area contributed by atoms with Crippen molar-refractivity contribution >= 4 is 31.8 Å². The Labute approximate surface area is 103 Å². The zero-order valence-electron chi connectivity index (χ0n) is 8.77. The third-order valence-electron chi connectivity index (χ3n) is 2.40. The molecule has 0 amide bonds. The summed E-state index contributed by atoms with van der Waals surface area (Å²) in [6, 6.07) is 1.89. The van der Waals surface area contributed by atoms with Crippen LogP contribution in [-0.4, -0.2) is 37.1 Å². The minimum absolute atomic E-state index is 0.369. The van der Waals surface area contributed by atoms with Crippen LogP contribution in [-0.2, 0) is 16.6 Å². The first-order valence-corrected chi connectivity index (χ1v) is 7.44. The molecule has 16 heavy (non-hydrogen) atoms. The normalized spacial score (nSPS) is 17.4. The molecule has 1 N–H and O–H groups in total.